The van der Waals surface area contributed by atoms with Crippen molar-refractivity contribution < 1.29 is 9.53 Å². The van der Waals surface area contributed by atoms with Crippen LogP contribution in [0, 0.1) is 5.92 Å². The van der Waals surface area contributed by atoms with Gasteiger partial charge in [0.1, 0.15) is 5.82 Å². The van der Waals surface area contributed by atoms with Crippen LogP contribution in [0.3, 0.4) is 0 Å². The Hall–Kier alpha value is -1.65. The van der Waals surface area contributed by atoms with Crippen molar-refractivity contribution in [3.8, 4) is 0 Å². The number of fused-ring (bicyclic) bond motifs is 1. The number of methoxy groups -OCH3 is 1. The van der Waals surface area contributed by atoms with E-state index >= 15 is 0 Å². The number of ether oxygens (including phenoxy) is 1. The Labute approximate surface area is 100 Å². The minimum atomic E-state index is -0.356. The van der Waals surface area contributed by atoms with Crippen LogP contribution < -0.4 is 5.46 Å². The lowest BCUT2D eigenvalue weighted by atomic mass is 9.59. The summed E-state index contributed by atoms with van der Waals surface area (Å²) in [5.41, 5.74) is 2.52. The van der Waals surface area contributed by atoms with Gasteiger partial charge >= 0.3 is 5.97 Å². The standard InChI is InChI=1S/C12H12BN2O2/c1-17-12(16)8-5-9-11(14-6-8)15-10(13-9)7-3-2-4-7/h5-7H,2-4H2,1H3. The number of hydrogen-bond acceptors (Lipinski definition) is 4. The molecule has 0 unspecified atom stereocenters. The van der Waals surface area contributed by atoms with Gasteiger partial charge in [-0.2, -0.15) is 0 Å². The molecule has 0 aromatic carbocycles. The monoisotopic (exact) mass is 227 g/mol. The van der Waals surface area contributed by atoms with Crippen LogP contribution in [-0.4, -0.2) is 31.0 Å². The highest BCUT2D eigenvalue weighted by molar-refractivity contribution is 6.88. The molecule has 0 spiro atoms. The molecule has 0 atom stereocenters. The highest BCUT2D eigenvalue weighted by Gasteiger charge is 2.29. The van der Waals surface area contributed by atoms with E-state index in [0.29, 0.717) is 11.5 Å². The summed E-state index contributed by atoms with van der Waals surface area (Å²) in [5.74, 6) is 0.955. The third-order valence-electron chi connectivity index (χ3n) is 3.38. The molecule has 3 rings (SSSR count). The Morgan fingerprint density at radius 1 is 1.53 bits per heavy atom. The predicted molar refractivity (Wildman–Crippen MR) is 65.4 cm³/mol. The van der Waals surface area contributed by atoms with E-state index < -0.39 is 0 Å². The summed E-state index contributed by atoms with van der Waals surface area (Å²) < 4.78 is 4.67. The lowest BCUT2D eigenvalue weighted by Crippen LogP contribution is -2.29. The van der Waals surface area contributed by atoms with Gasteiger partial charge in [0.15, 0.2) is 0 Å². The first-order chi connectivity index (χ1) is 8.28. The van der Waals surface area contributed by atoms with Gasteiger partial charge in [0.05, 0.1) is 12.7 Å². The molecule has 2 aliphatic rings. The summed E-state index contributed by atoms with van der Waals surface area (Å²) in [5, 5.41) is 0. The molecular weight excluding hydrogens is 215 g/mol. The SMILES string of the molecule is COC(=O)c1cnc2c(c1)[B]C(C1CCC1)=N2. The minimum absolute atomic E-state index is 0.356. The number of carbonyl (C=O) groups excluding carboxylic acids is 1. The van der Waals surface area contributed by atoms with Crippen molar-refractivity contribution in [3.05, 3.63) is 17.8 Å². The van der Waals surface area contributed by atoms with E-state index in [1.807, 2.05) is 7.28 Å². The largest absolute Gasteiger partial charge is 0.465 e. The summed E-state index contributed by atoms with van der Waals surface area (Å²) >= 11 is 0. The Balaban J connectivity index is 1.85. The molecule has 0 N–H and O–H groups in total. The molecule has 1 aliphatic heterocycles. The Morgan fingerprint density at radius 2 is 2.35 bits per heavy atom. The zero-order valence-electron chi connectivity index (χ0n) is 9.64. The molecule has 1 fully saturated rings. The second kappa shape index (κ2) is 3.98. The molecular formula is C12H12BN2O2. The van der Waals surface area contributed by atoms with Crippen LogP contribution in [0.1, 0.15) is 29.6 Å². The Kier molecular flexibility index (Phi) is 2.46. The number of rotatable bonds is 2. The molecule has 1 aromatic rings. The second-order valence-electron chi connectivity index (χ2n) is 4.44. The number of hydrogen-bond donors (Lipinski definition) is 0. The van der Waals surface area contributed by atoms with Crippen molar-refractivity contribution >= 4 is 30.1 Å². The molecule has 4 nitrogen and oxygen atoms in total. The molecule has 17 heavy (non-hydrogen) atoms. The fourth-order valence-corrected chi connectivity index (χ4v) is 2.13. The van der Waals surface area contributed by atoms with E-state index in [0.717, 1.165) is 16.9 Å². The maximum Gasteiger partial charge on any atom is 0.339 e. The first-order valence-corrected chi connectivity index (χ1v) is 5.79. The quantitative estimate of drug-likeness (QED) is 0.560. The predicted octanol–water partition coefficient (Wildman–Crippen LogP) is 1.04. The number of aliphatic imine (C=N–C) groups is 1. The van der Waals surface area contributed by atoms with Crippen molar-refractivity contribution in [2.24, 2.45) is 10.9 Å². The normalized spacial score (nSPS) is 17.8. The van der Waals surface area contributed by atoms with Gasteiger partial charge in [-0.1, -0.05) is 6.42 Å². The molecule has 1 aliphatic carbocycles. The molecule has 5 heteroatoms. The molecule has 1 aromatic heterocycles. The number of pyridine rings is 1. The zero-order chi connectivity index (χ0) is 11.8. The fourth-order valence-electron chi connectivity index (χ4n) is 2.13. The van der Waals surface area contributed by atoms with Crippen LogP contribution in [0.5, 0.6) is 0 Å². The third-order valence-corrected chi connectivity index (χ3v) is 3.38. The van der Waals surface area contributed by atoms with Crippen LogP contribution in [0.4, 0.5) is 5.82 Å². The van der Waals surface area contributed by atoms with Gasteiger partial charge in [-0.25, -0.2) is 14.8 Å². The lowest BCUT2D eigenvalue weighted by Gasteiger charge is -2.25. The van der Waals surface area contributed by atoms with Crippen molar-refractivity contribution in [3.63, 3.8) is 0 Å². The summed E-state index contributed by atoms with van der Waals surface area (Å²) in [6.45, 7) is 0. The van der Waals surface area contributed by atoms with Gasteiger partial charge < -0.3 is 4.74 Å². The molecule has 85 valence electrons. The first kappa shape index (κ1) is 10.5. The summed E-state index contributed by atoms with van der Waals surface area (Å²) in [6.07, 6.45) is 5.24. The lowest BCUT2D eigenvalue weighted by molar-refractivity contribution is 0.0600. The van der Waals surface area contributed by atoms with Gasteiger partial charge in [0.25, 0.3) is 0 Å². The number of aromatic nitrogens is 1. The highest BCUT2D eigenvalue weighted by Crippen LogP contribution is 2.30. The minimum Gasteiger partial charge on any atom is -0.465 e. The van der Waals surface area contributed by atoms with Crippen LogP contribution >= 0.6 is 0 Å². The topological polar surface area (TPSA) is 51.5 Å². The van der Waals surface area contributed by atoms with E-state index in [1.165, 1.54) is 32.6 Å². The summed E-state index contributed by atoms with van der Waals surface area (Å²) in [6, 6.07) is 1.79. The van der Waals surface area contributed by atoms with Gasteiger partial charge in [0, 0.05) is 6.20 Å². The smallest absolute Gasteiger partial charge is 0.339 e. The van der Waals surface area contributed by atoms with Gasteiger partial charge in [-0.15, -0.1) is 0 Å². The van der Waals surface area contributed by atoms with E-state index in [4.69, 9.17) is 0 Å². The Morgan fingerprint density at radius 3 is 3.00 bits per heavy atom. The number of esters is 1. The molecule has 0 bridgehead atoms. The van der Waals surface area contributed by atoms with Crippen molar-refractivity contribution in [2.75, 3.05) is 7.11 Å². The van der Waals surface area contributed by atoms with Gasteiger partial charge in [-0.3, -0.25) is 0 Å². The van der Waals surface area contributed by atoms with Crippen molar-refractivity contribution in [1.29, 1.82) is 0 Å². The van der Waals surface area contributed by atoms with Crippen LogP contribution in [0.2, 0.25) is 0 Å². The first-order valence-electron chi connectivity index (χ1n) is 5.79. The average molecular weight is 227 g/mol. The Bertz CT molecular complexity index is 509. The number of carbonyl (C=O) groups is 1. The third kappa shape index (κ3) is 1.75. The summed E-state index contributed by atoms with van der Waals surface area (Å²) in [4.78, 5) is 20.1. The maximum absolute atomic E-state index is 11.4. The highest BCUT2D eigenvalue weighted by atomic mass is 16.5. The average Bonchev–Trinajstić information content (AvgIpc) is 2.67. The zero-order valence-corrected chi connectivity index (χ0v) is 9.64. The van der Waals surface area contributed by atoms with E-state index in [1.54, 1.807) is 6.07 Å². The van der Waals surface area contributed by atoms with Crippen LogP contribution in [-0.2, 0) is 4.74 Å². The molecule has 0 saturated heterocycles. The maximum atomic E-state index is 11.4. The second-order valence-corrected chi connectivity index (χ2v) is 4.44. The van der Waals surface area contributed by atoms with Crippen molar-refractivity contribution in [2.45, 2.75) is 19.3 Å². The molecule has 1 saturated carbocycles. The molecule has 1 radical (unpaired) electrons. The van der Waals surface area contributed by atoms with E-state index in [-0.39, 0.29) is 5.97 Å². The van der Waals surface area contributed by atoms with Gasteiger partial charge in [0.2, 0.25) is 7.28 Å². The van der Waals surface area contributed by atoms with E-state index in [2.05, 4.69) is 14.7 Å². The van der Waals surface area contributed by atoms with Crippen LogP contribution in [0.25, 0.3) is 0 Å². The molecule has 0 amide bonds. The fraction of sp³-hybridized carbons (Fsp3) is 0.417. The number of nitrogens with zero attached hydrogens (tertiary/aromatic N) is 2. The van der Waals surface area contributed by atoms with E-state index in [9.17, 15) is 4.79 Å². The van der Waals surface area contributed by atoms with Crippen LogP contribution in [0.15, 0.2) is 17.3 Å². The van der Waals surface area contributed by atoms with Gasteiger partial charge in [-0.05, 0) is 35.9 Å². The van der Waals surface area contributed by atoms with Crippen molar-refractivity contribution in [1.82, 2.24) is 4.98 Å². The summed E-state index contributed by atoms with van der Waals surface area (Å²) in [7, 11) is 3.41. The molecule has 2 heterocycles.